The van der Waals surface area contributed by atoms with E-state index in [2.05, 4.69) is 15.9 Å². The Morgan fingerprint density at radius 2 is 2.12 bits per heavy atom. The highest BCUT2D eigenvalue weighted by Crippen LogP contribution is 2.31. The lowest BCUT2D eigenvalue weighted by molar-refractivity contribution is -0.141. The number of carbonyl (C=O) groups excluding carboxylic acids is 1. The van der Waals surface area contributed by atoms with Gasteiger partial charge in [0.05, 0.1) is 5.69 Å². The Hall–Kier alpha value is -1.36. The Morgan fingerprint density at radius 3 is 2.76 bits per heavy atom. The monoisotopic (exact) mass is 297 g/mol. The summed E-state index contributed by atoms with van der Waals surface area (Å²) in [6, 6.07) is 6.42. The molecule has 90 valence electrons. The number of anilines is 1. The van der Waals surface area contributed by atoms with Gasteiger partial charge >= 0.3 is 5.97 Å². The highest BCUT2D eigenvalue weighted by molar-refractivity contribution is 9.10. The first-order chi connectivity index (χ1) is 8.11. The maximum atomic E-state index is 11.9. The van der Waals surface area contributed by atoms with E-state index in [1.54, 1.807) is 18.2 Å². The molecule has 0 saturated carbocycles. The number of hydrogen-bond donors (Lipinski definition) is 1. The summed E-state index contributed by atoms with van der Waals surface area (Å²) in [5.41, 5.74) is 0.629. The van der Waals surface area contributed by atoms with Crippen LogP contribution < -0.4 is 4.90 Å². The second-order valence-electron chi connectivity index (χ2n) is 3.96. The minimum absolute atomic E-state index is 0.129. The van der Waals surface area contributed by atoms with Crippen LogP contribution in [0.15, 0.2) is 28.7 Å². The van der Waals surface area contributed by atoms with E-state index in [0.29, 0.717) is 24.9 Å². The van der Waals surface area contributed by atoms with E-state index < -0.39 is 12.0 Å². The first-order valence-corrected chi connectivity index (χ1v) is 6.20. The van der Waals surface area contributed by atoms with Gasteiger partial charge in [0.2, 0.25) is 5.91 Å². The van der Waals surface area contributed by atoms with Gasteiger partial charge in [-0.3, -0.25) is 9.69 Å². The highest BCUT2D eigenvalue weighted by Gasteiger charge is 2.34. The quantitative estimate of drug-likeness (QED) is 0.912. The lowest BCUT2D eigenvalue weighted by atomic mass is 10.0. The average molecular weight is 298 g/mol. The fourth-order valence-corrected chi connectivity index (χ4v) is 2.53. The van der Waals surface area contributed by atoms with E-state index in [1.807, 2.05) is 6.07 Å². The predicted molar refractivity (Wildman–Crippen MR) is 66.9 cm³/mol. The number of carboxylic acid groups (broad SMARTS) is 1. The van der Waals surface area contributed by atoms with E-state index in [-0.39, 0.29) is 5.91 Å². The van der Waals surface area contributed by atoms with Crippen LogP contribution in [-0.2, 0) is 9.59 Å². The number of piperidine rings is 1. The van der Waals surface area contributed by atoms with Gasteiger partial charge in [-0.15, -0.1) is 0 Å². The van der Waals surface area contributed by atoms with Crippen LogP contribution in [0.4, 0.5) is 5.69 Å². The number of carbonyl (C=O) groups is 2. The lowest BCUT2D eigenvalue weighted by Gasteiger charge is -2.33. The summed E-state index contributed by atoms with van der Waals surface area (Å²) in [5, 5.41) is 9.17. The Kier molecular flexibility index (Phi) is 3.47. The molecule has 0 spiro atoms. The van der Waals surface area contributed by atoms with Crippen LogP contribution in [0.5, 0.6) is 0 Å². The molecule has 1 atom stereocenters. The number of halogens is 1. The van der Waals surface area contributed by atoms with E-state index in [0.717, 1.165) is 4.47 Å². The van der Waals surface area contributed by atoms with Crippen molar-refractivity contribution in [2.75, 3.05) is 4.90 Å². The lowest BCUT2D eigenvalue weighted by Crippen LogP contribution is -2.48. The first kappa shape index (κ1) is 12.1. The largest absolute Gasteiger partial charge is 0.480 e. The summed E-state index contributed by atoms with van der Waals surface area (Å²) in [5.74, 6) is -1.08. The van der Waals surface area contributed by atoms with Gasteiger partial charge in [0.25, 0.3) is 0 Å². The van der Waals surface area contributed by atoms with Crippen LogP contribution >= 0.6 is 15.9 Å². The summed E-state index contributed by atoms with van der Waals surface area (Å²) in [6.07, 6.45) is 1.55. The van der Waals surface area contributed by atoms with Crippen molar-refractivity contribution in [3.8, 4) is 0 Å². The zero-order valence-electron chi connectivity index (χ0n) is 9.10. The molecule has 1 unspecified atom stereocenters. The normalized spacial score (nSPS) is 20.4. The molecule has 1 fully saturated rings. The number of para-hydroxylation sites is 1. The molecule has 0 bridgehead atoms. The molecule has 2 rings (SSSR count). The summed E-state index contributed by atoms with van der Waals surface area (Å²) < 4.78 is 0.738. The van der Waals surface area contributed by atoms with E-state index in [1.165, 1.54) is 4.90 Å². The molecule has 1 amide bonds. The van der Waals surface area contributed by atoms with Crippen molar-refractivity contribution in [3.63, 3.8) is 0 Å². The maximum absolute atomic E-state index is 11.9. The summed E-state index contributed by atoms with van der Waals surface area (Å²) in [4.78, 5) is 24.5. The standard InChI is InChI=1S/C12H12BrNO3/c13-8-4-1-2-5-9(8)14-10(12(16)17)6-3-7-11(14)15/h1-2,4-5,10H,3,6-7H2,(H,16,17). The summed E-state index contributed by atoms with van der Waals surface area (Å²) in [7, 11) is 0. The van der Waals surface area contributed by atoms with E-state index in [9.17, 15) is 9.59 Å². The molecule has 17 heavy (non-hydrogen) atoms. The molecule has 1 heterocycles. The molecule has 0 radical (unpaired) electrons. The average Bonchev–Trinajstić information content (AvgIpc) is 2.30. The molecular weight excluding hydrogens is 286 g/mol. The van der Waals surface area contributed by atoms with Gasteiger partial charge in [-0.2, -0.15) is 0 Å². The smallest absolute Gasteiger partial charge is 0.326 e. The Labute approximate surface area is 107 Å². The topological polar surface area (TPSA) is 57.6 Å². The van der Waals surface area contributed by atoms with Gasteiger partial charge in [0.15, 0.2) is 0 Å². The van der Waals surface area contributed by atoms with Gasteiger partial charge in [-0.25, -0.2) is 4.79 Å². The molecule has 1 aliphatic heterocycles. The SMILES string of the molecule is O=C(O)C1CCCC(=O)N1c1ccccc1Br. The van der Waals surface area contributed by atoms with Crippen LogP contribution in [-0.4, -0.2) is 23.0 Å². The second-order valence-corrected chi connectivity index (χ2v) is 4.82. The molecule has 0 aromatic heterocycles. The van der Waals surface area contributed by atoms with Crippen molar-refractivity contribution in [2.24, 2.45) is 0 Å². The van der Waals surface area contributed by atoms with Crippen LogP contribution in [0.2, 0.25) is 0 Å². The molecule has 4 nitrogen and oxygen atoms in total. The van der Waals surface area contributed by atoms with Crippen molar-refractivity contribution in [1.29, 1.82) is 0 Å². The number of aliphatic carboxylic acids is 1. The van der Waals surface area contributed by atoms with Crippen molar-refractivity contribution in [1.82, 2.24) is 0 Å². The minimum Gasteiger partial charge on any atom is -0.480 e. The third kappa shape index (κ3) is 2.34. The number of hydrogen-bond acceptors (Lipinski definition) is 2. The van der Waals surface area contributed by atoms with Crippen LogP contribution in [0.1, 0.15) is 19.3 Å². The van der Waals surface area contributed by atoms with Gasteiger partial charge in [0.1, 0.15) is 6.04 Å². The summed E-state index contributed by atoms with van der Waals surface area (Å²) >= 11 is 3.35. The Morgan fingerprint density at radius 1 is 1.41 bits per heavy atom. The van der Waals surface area contributed by atoms with Gasteiger partial charge in [0, 0.05) is 10.9 Å². The first-order valence-electron chi connectivity index (χ1n) is 5.40. The van der Waals surface area contributed by atoms with Crippen LogP contribution in [0.3, 0.4) is 0 Å². The van der Waals surface area contributed by atoms with Gasteiger partial charge in [-0.05, 0) is 40.9 Å². The molecule has 1 aromatic carbocycles. The molecule has 5 heteroatoms. The summed E-state index contributed by atoms with van der Waals surface area (Å²) in [6.45, 7) is 0. The Bertz CT molecular complexity index is 461. The van der Waals surface area contributed by atoms with Gasteiger partial charge in [-0.1, -0.05) is 12.1 Å². The third-order valence-corrected chi connectivity index (χ3v) is 3.52. The molecule has 1 aromatic rings. The van der Waals surface area contributed by atoms with Crippen LogP contribution in [0.25, 0.3) is 0 Å². The second kappa shape index (κ2) is 4.87. The number of rotatable bonds is 2. The zero-order valence-corrected chi connectivity index (χ0v) is 10.7. The molecule has 0 aliphatic carbocycles. The fourth-order valence-electron chi connectivity index (χ4n) is 2.05. The van der Waals surface area contributed by atoms with E-state index in [4.69, 9.17) is 5.11 Å². The highest BCUT2D eigenvalue weighted by atomic mass is 79.9. The molecule has 1 aliphatic rings. The third-order valence-electron chi connectivity index (χ3n) is 2.85. The maximum Gasteiger partial charge on any atom is 0.326 e. The minimum atomic E-state index is -0.950. The van der Waals surface area contributed by atoms with Crippen molar-refractivity contribution >= 4 is 33.5 Å². The Balaban J connectivity index is 2.42. The van der Waals surface area contributed by atoms with Gasteiger partial charge < -0.3 is 5.11 Å². The fraction of sp³-hybridized carbons (Fsp3) is 0.333. The number of amides is 1. The molecule has 1 N–H and O–H groups in total. The van der Waals surface area contributed by atoms with Crippen LogP contribution in [0, 0.1) is 0 Å². The van der Waals surface area contributed by atoms with Crippen molar-refractivity contribution in [2.45, 2.75) is 25.3 Å². The molecule has 1 saturated heterocycles. The van der Waals surface area contributed by atoms with Crippen molar-refractivity contribution in [3.05, 3.63) is 28.7 Å². The predicted octanol–water partition coefficient (Wildman–Crippen LogP) is 2.42. The number of nitrogens with zero attached hydrogens (tertiary/aromatic N) is 1. The van der Waals surface area contributed by atoms with Crippen molar-refractivity contribution < 1.29 is 14.7 Å². The van der Waals surface area contributed by atoms with E-state index >= 15 is 0 Å². The number of benzene rings is 1. The zero-order chi connectivity index (χ0) is 12.4. The molecular formula is C12H12BrNO3. The number of carboxylic acids is 1.